The Balaban J connectivity index is 0.000000148. The van der Waals surface area contributed by atoms with Crippen LogP contribution < -0.4 is 62.0 Å². The molecule has 28 heteroatoms. The van der Waals surface area contributed by atoms with Crippen LogP contribution in [0.1, 0.15) is 106 Å². The molecule has 0 bridgehead atoms. The Labute approximate surface area is 735 Å². The number of carboxylic acids is 1. The third kappa shape index (κ3) is 27.7. The number of carbonyl (C=O) groups excluding carboxylic acids is 5. The number of aromatic hydroxyl groups is 1. The van der Waals surface area contributed by atoms with Crippen molar-refractivity contribution in [2.75, 3.05) is 0 Å². The molecule has 6 heterocycles. The fraction of sp³-hybridized carbons (Fsp3) is 0.0990. The van der Waals surface area contributed by atoms with Gasteiger partial charge < -0.3 is 71.8 Å². The molecule has 15 aromatic rings. The molecule has 28 nitrogen and oxygen atoms in total. The Bertz CT molecular complexity index is 6550. The lowest BCUT2D eigenvalue weighted by atomic mass is 10.0. The average molecular weight is 1740 g/mol. The van der Waals surface area contributed by atoms with Gasteiger partial charge in [-0.15, -0.1) is 5.06 Å². The third-order valence-corrected chi connectivity index (χ3v) is 18.9. The molecule has 1 fully saturated rings. The van der Waals surface area contributed by atoms with Crippen LogP contribution in [-0.2, 0) is 60.5 Å². The normalized spacial score (nSPS) is 11.3. The predicted octanol–water partition coefficient (Wildman–Crippen LogP) is 15.8. The summed E-state index contributed by atoms with van der Waals surface area (Å²) in [5.74, 6) is -5.97. The number of aliphatic hydroxyl groups is 1. The second kappa shape index (κ2) is 46.4. The summed E-state index contributed by atoms with van der Waals surface area (Å²) >= 11 is 0. The maximum absolute atomic E-state index is 12.4. The van der Waals surface area contributed by atoms with Crippen molar-refractivity contribution in [1.82, 2.24) is 21.0 Å². The summed E-state index contributed by atoms with van der Waals surface area (Å²) in [6, 6.07) is 96.7. The molecule has 129 heavy (non-hydrogen) atoms. The zero-order valence-electron chi connectivity index (χ0n) is 68.7. The number of hydrogen-bond donors (Lipinski definition) is 6. The predicted molar refractivity (Wildman–Crippen MR) is 473 cm³/mol. The fourth-order valence-corrected chi connectivity index (χ4v) is 12.0. The van der Waals surface area contributed by atoms with Crippen molar-refractivity contribution < 1.29 is 90.0 Å². The highest BCUT2D eigenvalue weighted by Gasteiger charge is 2.34. The Morgan fingerprint density at radius 1 is 0.326 bits per heavy atom. The summed E-state index contributed by atoms with van der Waals surface area (Å²) in [7, 11) is 0. The van der Waals surface area contributed by atoms with Gasteiger partial charge in [-0.25, -0.2) is 9.59 Å². The van der Waals surface area contributed by atoms with Gasteiger partial charge in [0.25, 0.3) is 23.6 Å². The monoisotopic (exact) mass is 1730 g/mol. The molecule has 1 atom stereocenters. The zero-order chi connectivity index (χ0) is 90.6. The van der Waals surface area contributed by atoms with Gasteiger partial charge in [0.15, 0.2) is 29.3 Å². The number of hydroxylamine groups is 2. The lowest BCUT2D eigenvalue weighted by molar-refractivity contribution is -0.173. The molecule has 0 spiro atoms. The number of aliphatic hydroxyl groups excluding tert-OH is 1. The van der Waals surface area contributed by atoms with Crippen molar-refractivity contribution >= 4 is 35.6 Å². The van der Waals surface area contributed by atoms with Gasteiger partial charge in [-0.3, -0.25) is 48.5 Å². The van der Waals surface area contributed by atoms with E-state index in [-0.39, 0.29) is 85.0 Å². The van der Waals surface area contributed by atoms with E-state index in [4.69, 9.17) is 51.2 Å². The minimum absolute atomic E-state index is 0.0103. The van der Waals surface area contributed by atoms with E-state index in [9.17, 15) is 57.8 Å². The summed E-state index contributed by atoms with van der Waals surface area (Å²) in [6.45, 7) is 1.94. The van der Waals surface area contributed by atoms with Crippen molar-refractivity contribution in [2.45, 2.75) is 65.1 Å². The van der Waals surface area contributed by atoms with Gasteiger partial charge in [0.1, 0.15) is 57.7 Å². The number of nitrogens with zero attached hydrogens (tertiary/aromatic N) is 1. The van der Waals surface area contributed by atoms with E-state index in [1.54, 1.807) is 0 Å². The maximum atomic E-state index is 12.4. The number of rotatable bonds is 28. The number of hydrogen-bond acceptors (Lipinski definition) is 24. The van der Waals surface area contributed by atoms with Gasteiger partial charge >= 0.3 is 11.9 Å². The number of amides is 4. The van der Waals surface area contributed by atoms with E-state index < -0.39 is 80.8 Å². The Morgan fingerprint density at radius 2 is 0.612 bits per heavy atom. The summed E-state index contributed by atoms with van der Waals surface area (Å²) in [6.07, 6.45) is 4.10. The smallest absolute Gasteiger partial charge is 0.399 e. The Hall–Kier alpha value is -17.1. The van der Waals surface area contributed by atoms with E-state index in [2.05, 4.69) is 32.9 Å². The van der Waals surface area contributed by atoms with Gasteiger partial charge in [0.2, 0.25) is 61.7 Å². The SMILES string of the molecule is O=C(NCc1ccc(-c2ccccc2)cc1)c1cc(=O)c(O)co1.O=C(NCc1ccc(-c2ccccc2)cc1)c1cc(=O)c(OCc2ccccc2)co1.O=C(O)c1cc(=O)c(OCc2ccccc2)co1.O=C(ON1C(=O)CCC1=O)c1cc(=O)c(OCc2ccccc2)co1.O=c1cc(C(O)NCc2ccc(-c3ccccc3)cc2)occ1OCc1ccccc1. The van der Waals surface area contributed by atoms with E-state index in [0.29, 0.717) is 24.7 Å². The van der Waals surface area contributed by atoms with Gasteiger partial charge in [-0.1, -0.05) is 285 Å². The summed E-state index contributed by atoms with van der Waals surface area (Å²) in [5, 5.41) is 36.9. The van der Waals surface area contributed by atoms with Crippen LogP contribution in [0.3, 0.4) is 0 Å². The number of ether oxygens (including phenoxy) is 4. The molecule has 5 aromatic heterocycles. The van der Waals surface area contributed by atoms with Crippen molar-refractivity contribution in [1.29, 1.82) is 0 Å². The first-order valence-corrected chi connectivity index (χ1v) is 39.9. The van der Waals surface area contributed by atoms with Crippen molar-refractivity contribution in [2.24, 2.45) is 0 Å². The lowest BCUT2D eigenvalue weighted by Crippen LogP contribution is -2.32. The molecule has 16 rings (SSSR count). The average Bonchev–Trinajstić information content (AvgIpc) is 1.60. The molecule has 6 N–H and O–H groups in total. The van der Waals surface area contributed by atoms with E-state index in [1.165, 1.54) is 18.6 Å². The van der Waals surface area contributed by atoms with Crippen LogP contribution in [-0.4, -0.2) is 56.0 Å². The molecule has 1 unspecified atom stereocenters. The highest BCUT2D eigenvalue weighted by Crippen LogP contribution is 2.25. The maximum Gasteiger partial charge on any atom is 0.399 e. The quantitative estimate of drug-likeness (QED) is 0.0196. The molecular weight excluding hydrogens is 1650 g/mol. The van der Waals surface area contributed by atoms with Crippen molar-refractivity contribution in [3.8, 4) is 62.1 Å². The molecule has 0 saturated carbocycles. The highest BCUT2D eigenvalue weighted by atomic mass is 16.7. The van der Waals surface area contributed by atoms with Crippen LogP contribution in [0, 0.1) is 0 Å². The number of carbonyl (C=O) groups is 6. The van der Waals surface area contributed by atoms with Gasteiger partial charge in [-0.2, -0.15) is 0 Å². The molecule has 1 aliphatic heterocycles. The largest absolute Gasteiger partial charge is 0.502 e. The lowest BCUT2D eigenvalue weighted by Gasteiger charge is -2.13. The first kappa shape index (κ1) is 91.1. The molecule has 0 radical (unpaired) electrons. The molecular formula is C101H82N4O24. The molecule has 1 aliphatic rings. The Kier molecular flexibility index (Phi) is 32.8. The minimum atomic E-state index is -1.29. The van der Waals surface area contributed by atoms with Crippen LogP contribution in [0.15, 0.2) is 393 Å². The summed E-state index contributed by atoms with van der Waals surface area (Å²) < 4.78 is 47.1. The Morgan fingerprint density at radius 3 is 0.953 bits per heavy atom. The van der Waals surface area contributed by atoms with E-state index in [0.717, 1.165) is 115 Å². The summed E-state index contributed by atoms with van der Waals surface area (Å²) in [4.78, 5) is 134. The van der Waals surface area contributed by atoms with E-state index in [1.807, 2.05) is 273 Å². The minimum Gasteiger partial charge on any atom is -0.502 e. The topological polar surface area (TPSA) is 400 Å². The highest BCUT2D eigenvalue weighted by molar-refractivity contribution is 6.02. The number of nitrogens with one attached hydrogen (secondary N) is 3. The number of carboxylic acid groups (broad SMARTS) is 1. The molecule has 650 valence electrons. The zero-order valence-corrected chi connectivity index (χ0v) is 68.7. The molecule has 1 saturated heterocycles. The number of benzene rings is 10. The van der Waals surface area contributed by atoms with Crippen LogP contribution in [0.4, 0.5) is 0 Å². The van der Waals surface area contributed by atoms with Gasteiger partial charge in [-0.05, 0) is 72.3 Å². The summed E-state index contributed by atoms with van der Waals surface area (Å²) in [5.41, 5.74) is 10.7. The van der Waals surface area contributed by atoms with Crippen molar-refractivity contribution in [3.63, 3.8) is 0 Å². The van der Waals surface area contributed by atoms with Gasteiger partial charge in [0.05, 0.1) is 0 Å². The third-order valence-electron chi connectivity index (χ3n) is 18.9. The van der Waals surface area contributed by atoms with Crippen LogP contribution in [0.25, 0.3) is 33.4 Å². The van der Waals surface area contributed by atoms with Crippen LogP contribution in [0.5, 0.6) is 28.7 Å². The molecule has 10 aromatic carbocycles. The first-order chi connectivity index (χ1) is 62.7. The van der Waals surface area contributed by atoms with Crippen LogP contribution >= 0.6 is 0 Å². The van der Waals surface area contributed by atoms with Gasteiger partial charge in [0, 0.05) is 62.8 Å². The number of imide groups is 1. The van der Waals surface area contributed by atoms with E-state index >= 15 is 0 Å². The second-order valence-electron chi connectivity index (χ2n) is 28.1. The molecule has 0 aliphatic carbocycles. The van der Waals surface area contributed by atoms with Crippen LogP contribution in [0.2, 0.25) is 0 Å². The number of aromatic carboxylic acids is 1. The van der Waals surface area contributed by atoms with Crippen molar-refractivity contribution in [3.05, 3.63) is 466 Å². The first-order valence-electron chi connectivity index (χ1n) is 39.9. The standard InChI is InChI=1S/C26H23NO4.C26H21NO4.C19H15NO4.C17H13NO7.C13H10O5/c2*28-23-15-24(31-18-25(23)30-17-20-7-3-1-4-8-20)26(29)27-16-19-11-13-22(14-12-19)21-9-5-2-6-10-21;21-16-10-18(24-12-17(16)22)19(23)20-11-13-6-8-15(9-7-13)14-4-2-1-3-5-14;19-12-8-13(17(22)25-18-15(20)6-7-16(18)21)24-10-14(12)23-9-11-4-2-1-3-5-11;14-10-6-11(13(15)16)18-8-12(10)17-7-9-4-2-1-3-5-9/h1-15,18,26-27,29H,16-17H2;1-15,18H,16-17H2,(H,27,29);1-10,12,22H,11H2,(H,20,23);1-5,8,10H,6-7,9H2;1-6,8H,7H2,(H,15,16). The fourth-order valence-electron chi connectivity index (χ4n) is 12.0. The molecule has 4 amide bonds. The second-order valence-corrected chi connectivity index (χ2v) is 28.1.